The summed E-state index contributed by atoms with van der Waals surface area (Å²) in [4.78, 5) is 4.47. The van der Waals surface area contributed by atoms with E-state index in [1.165, 1.54) is 0 Å². The highest BCUT2D eigenvalue weighted by Gasteiger charge is 2.26. The fourth-order valence-corrected chi connectivity index (χ4v) is 3.97. The molecule has 122 valence electrons. The minimum Gasteiger partial charge on any atom is -0.360 e. The van der Waals surface area contributed by atoms with Gasteiger partial charge in [0, 0.05) is 6.54 Å². The second-order valence-electron chi connectivity index (χ2n) is 5.33. The van der Waals surface area contributed by atoms with E-state index in [0.29, 0.717) is 18.2 Å². The van der Waals surface area contributed by atoms with Crippen LogP contribution in [0, 0.1) is 13.8 Å². The summed E-state index contributed by atoms with van der Waals surface area (Å²) in [6.07, 6.45) is 0.862. The number of benzene rings is 1. The molecule has 0 aliphatic heterocycles. The second kappa shape index (κ2) is 5.69. The van der Waals surface area contributed by atoms with E-state index >= 15 is 0 Å². The molecule has 0 saturated carbocycles. The first-order chi connectivity index (χ1) is 10.9. The molecule has 0 aliphatic carbocycles. The molecule has 2 heterocycles. The van der Waals surface area contributed by atoms with Crippen LogP contribution < -0.4 is 4.72 Å². The van der Waals surface area contributed by atoms with Gasteiger partial charge >= 0.3 is 0 Å². The van der Waals surface area contributed by atoms with Crippen LogP contribution >= 0.6 is 0 Å². The van der Waals surface area contributed by atoms with Crippen LogP contribution in [0.2, 0.25) is 0 Å². The number of hydrogen-bond acceptors (Lipinski definition) is 5. The minimum absolute atomic E-state index is 0.0626. The summed E-state index contributed by atoms with van der Waals surface area (Å²) in [5, 5.41) is 3.70. The maximum Gasteiger partial charge on any atom is 0.269 e. The summed E-state index contributed by atoms with van der Waals surface area (Å²) in [7, 11) is -3.81. The van der Waals surface area contributed by atoms with Gasteiger partial charge in [-0.3, -0.25) is 0 Å². The molecule has 0 aliphatic rings. The number of aryl methyl sites for hydroxylation is 3. The van der Waals surface area contributed by atoms with Crippen molar-refractivity contribution in [2.75, 3.05) is 4.72 Å². The molecule has 0 amide bonds. The van der Waals surface area contributed by atoms with Gasteiger partial charge in [-0.1, -0.05) is 24.2 Å². The average Bonchev–Trinajstić information content (AvgIpc) is 3.00. The lowest BCUT2D eigenvalue weighted by molar-refractivity contribution is 0.390. The van der Waals surface area contributed by atoms with E-state index in [1.54, 1.807) is 13.8 Å². The van der Waals surface area contributed by atoms with Crippen molar-refractivity contribution in [2.24, 2.45) is 0 Å². The van der Waals surface area contributed by atoms with Gasteiger partial charge in [0.2, 0.25) is 5.95 Å². The third-order valence-electron chi connectivity index (χ3n) is 3.56. The number of aromatic nitrogens is 3. The van der Waals surface area contributed by atoms with Crippen LogP contribution in [-0.4, -0.2) is 23.1 Å². The molecule has 0 saturated heterocycles. The number of sulfonamides is 1. The highest BCUT2D eigenvalue weighted by molar-refractivity contribution is 7.92. The maximum absolute atomic E-state index is 12.7. The Morgan fingerprint density at radius 2 is 2.00 bits per heavy atom. The smallest absolute Gasteiger partial charge is 0.269 e. The van der Waals surface area contributed by atoms with Crippen LogP contribution in [0.1, 0.15) is 24.8 Å². The molecule has 3 rings (SSSR count). The molecule has 8 heteroatoms. The zero-order valence-electron chi connectivity index (χ0n) is 13.2. The van der Waals surface area contributed by atoms with E-state index in [4.69, 9.17) is 4.52 Å². The summed E-state index contributed by atoms with van der Waals surface area (Å²) in [5.74, 6) is 0.557. The van der Waals surface area contributed by atoms with Gasteiger partial charge in [0.05, 0.1) is 11.0 Å². The molecular weight excluding hydrogens is 316 g/mol. The number of hydrogen-bond donors (Lipinski definition) is 1. The van der Waals surface area contributed by atoms with Crippen LogP contribution in [0.15, 0.2) is 33.7 Å². The molecule has 0 atom stereocenters. The monoisotopic (exact) mass is 334 g/mol. The summed E-state index contributed by atoms with van der Waals surface area (Å²) in [5.41, 5.74) is 1.97. The Bertz CT molecular complexity index is 937. The first-order valence-corrected chi connectivity index (χ1v) is 8.83. The van der Waals surface area contributed by atoms with Gasteiger partial charge in [0.25, 0.3) is 10.0 Å². The van der Waals surface area contributed by atoms with E-state index in [0.717, 1.165) is 17.5 Å². The van der Waals surface area contributed by atoms with Gasteiger partial charge in [0.1, 0.15) is 5.69 Å². The number of nitrogens with one attached hydrogen (secondary N) is 1. The Morgan fingerprint density at radius 1 is 1.26 bits per heavy atom. The van der Waals surface area contributed by atoms with Crippen molar-refractivity contribution in [1.82, 2.24) is 14.7 Å². The van der Waals surface area contributed by atoms with Crippen molar-refractivity contribution in [2.45, 2.75) is 38.6 Å². The Hall–Kier alpha value is -2.35. The highest BCUT2D eigenvalue weighted by atomic mass is 32.2. The molecule has 1 aromatic carbocycles. The molecule has 7 nitrogen and oxygen atoms in total. The summed E-state index contributed by atoms with van der Waals surface area (Å²) >= 11 is 0. The fraction of sp³-hybridized carbons (Fsp3) is 0.333. The predicted octanol–water partition coefficient (Wildman–Crippen LogP) is 2.85. The predicted molar refractivity (Wildman–Crippen MR) is 86.8 cm³/mol. The molecule has 23 heavy (non-hydrogen) atoms. The van der Waals surface area contributed by atoms with Gasteiger partial charge in [0.15, 0.2) is 10.7 Å². The third kappa shape index (κ3) is 2.70. The fourth-order valence-electron chi connectivity index (χ4n) is 2.63. The van der Waals surface area contributed by atoms with Crippen LogP contribution in [-0.2, 0) is 16.6 Å². The topological polar surface area (TPSA) is 90.0 Å². The number of nitrogens with zero attached hydrogens (tertiary/aromatic N) is 3. The largest absolute Gasteiger partial charge is 0.360 e. The second-order valence-corrected chi connectivity index (χ2v) is 6.95. The lowest BCUT2D eigenvalue weighted by Gasteiger charge is -2.10. The van der Waals surface area contributed by atoms with Crippen LogP contribution in [0.5, 0.6) is 0 Å². The normalized spacial score (nSPS) is 12.0. The number of para-hydroxylation sites is 2. The van der Waals surface area contributed by atoms with Gasteiger partial charge in [-0.05, 0) is 32.4 Å². The zero-order chi connectivity index (χ0) is 16.6. The van der Waals surface area contributed by atoms with E-state index in [9.17, 15) is 8.42 Å². The van der Waals surface area contributed by atoms with Crippen LogP contribution in [0.3, 0.4) is 0 Å². The average molecular weight is 334 g/mol. The van der Waals surface area contributed by atoms with Crippen LogP contribution in [0.4, 0.5) is 5.95 Å². The third-order valence-corrected chi connectivity index (χ3v) is 5.14. The summed E-state index contributed by atoms with van der Waals surface area (Å²) < 4.78 is 34.7. The molecule has 0 bridgehead atoms. The van der Waals surface area contributed by atoms with Gasteiger partial charge in [-0.15, -0.1) is 0 Å². The van der Waals surface area contributed by atoms with Crippen LogP contribution in [0.25, 0.3) is 11.0 Å². The molecule has 3 aromatic rings. The maximum atomic E-state index is 12.7. The number of fused-ring (bicyclic) bond motifs is 1. The zero-order valence-corrected chi connectivity index (χ0v) is 14.0. The lowest BCUT2D eigenvalue weighted by Crippen LogP contribution is -2.18. The SMILES string of the molecule is CCCn1c(NS(=O)(=O)c2c(C)noc2C)nc2ccccc21. The van der Waals surface area contributed by atoms with Crippen molar-refractivity contribution in [3.63, 3.8) is 0 Å². The molecule has 0 unspecified atom stereocenters. The van der Waals surface area contributed by atoms with Crippen molar-refractivity contribution in [1.29, 1.82) is 0 Å². The van der Waals surface area contributed by atoms with Crippen molar-refractivity contribution < 1.29 is 12.9 Å². The van der Waals surface area contributed by atoms with Crippen molar-refractivity contribution >= 4 is 27.0 Å². The Labute approximate surface area is 134 Å². The number of imidazole rings is 1. The minimum atomic E-state index is -3.81. The Kier molecular flexibility index (Phi) is 3.85. The molecular formula is C15H18N4O3S. The molecule has 2 aromatic heterocycles. The lowest BCUT2D eigenvalue weighted by atomic mass is 10.3. The van der Waals surface area contributed by atoms with Gasteiger partial charge < -0.3 is 9.09 Å². The molecule has 0 spiro atoms. The van der Waals surface area contributed by atoms with E-state index in [2.05, 4.69) is 14.9 Å². The molecule has 0 fully saturated rings. The molecule has 0 radical (unpaired) electrons. The summed E-state index contributed by atoms with van der Waals surface area (Å²) in [6.45, 7) is 5.87. The molecule has 1 N–H and O–H groups in total. The van der Waals surface area contributed by atoms with E-state index in [-0.39, 0.29) is 10.7 Å². The number of rotatable bonds is 5. The van der Waals surface area contributed by atoms with E-state index in [1.807, 2.05) is 35.8 Å². The first-order valence-electron chi connectivity index (χ1n) is 7.35. The van der Waals surface area contributed by atoms with Gasteiger partial charge in [-0.2, -0.15) is 0 Å². The van der Waals surface area contributed by atoms with Crippen molar-refractivity contribution in [3.05, 3.63) is 35.7 Å². The first kappa shape index (κ1) is 15.5. The quantitative estimate of drug-likeness (QED) is 0.775. The van der Waals surface area contributed by atoms with Gasteiger partial charge in [-0.25, -0.2) is 18.1 Å². The van der Waals surface area contributed by atoms with E-state index < -0.39 is 10.0 Å². The Balaban J connectivity index is 2.09. The highest BCUT2D eigenvalue weighted by Crippen LogP contribution is 2.25. The standard InChI is InChI=1S/C15H18N4O3S/c1-4-9-19-13-8-6-5-7-12(13)16-15(19)18-23(20,21)14-10(2)17-22-11(14)3/h5-8H,4,9H2,1-3H3,(H,16,18). The Morgan fingerprint density at radius 3 is 2.65 bits per heavy atom. The number of anilines is 1. The summed E-state index contributed by atoms with van der Waals surface area (Å²) in [6, 6.07) is 7.56. The van der Waals surface area contributed by atoms with Crippen molar-refractivity contribution in [3.8, 4) is 0 Å².